The Balaban J connectivity index is 1.32. The van der Waals surface area contributed by atoms with Crippen molar-refractivity contribution in [2.24, 2.45) is 0 Å². The first-order chi connectivity index (χ1) is 14.2. The summed E-state index contributed by atoms with van der Waals surface area (Å²) < 4.78 is 0. The fourth-order valence-corrected chi connectivity index (χ4v) is 4.75. The van der Waals surface area contributed by atoms with Crippen molar-refractivity contribution in [3.8, 4) is 11.3 Å². The zero-order valence-corrected chi connectivity index (χ0v) is 17.3. The number of aromatic nitrogens is 2. The van der Waals surface area contributed by atoms with Crippen LogP contribution in [0.1, 0.15) is 12.8 Å². The van der Waals surface area contributed by atoms with Crippen LogP contribution in [0.5, 0.6) is 0 Å². The predicted octanol–water partition coefficient (Wildman–Crippen LogP) is 3.51. The Morgan fingerprint density at radius 1 is 0.931 bits per heavy atom. The molecule has 2 aromatic carbocycles. The summed E-state index contributed by atoms with van der Waals surface area (Å²) in [7, 11) is 4.39. The highest BCUT2D eigenvalue weighted by molar-refractivity contribution is 5.86. The smallest absolute Gasteiger partial charge is 0.225 e. The van der Waals surface area contributed by atoms with Crippen LogP contribution < -0.4 is 4.90 Å². The van der Waals surface area contributed by atoms with Crippen LogP contribution in [0.3, 0.4) is 0 Å². The fourth-order valence-electron chi connectivity index (χ4n) is 4.75. The van der Waals surface area contributed by atoms with Crippen LogP contribution in [-0.4, -0.2) is 72.1 Å². The van der Waals surface area contributed by atoms with Crippen LogP contribution in [-0.2, 0) is 0 Å². The highest BCUT2D eigenvalue weighted by Gasteiger charge is 2.34. The van der Waals surface area contributed by atoms with E-state index >= 15 is 0 Å². The van der Waals surface area contributed by atoms with E-state index in [1.807, 2.05) is 12.3 Å². The summed E-state index contributed by atoms with van der Waals surface area (Å²) in [4.78, 5) is 16.9. The number of fused-ring (bicyclic) bond motifs is 1. The Morgan fingerprint density at radius 3 is 2.62 bits per heavy atom. The molecule has 1 aromatic heterocycles. The van der Waals surface area contributed by atoms with Gasteiger partial charge in [-0.3, -0.25) is 4.90 Å². The second-order valence-corrected chi connectivity index (χ2v) is 8.59. The molecule has 2 saturated heterocycles. The van der Waals surface area contributed by atoms with Gasteiger partial charge in [-0.25, -0.2) is 9.97 Å². The Labute approximate surface area is 173 Å². The van der Waals surface area contributed by atoms with Gasteiger partial charge in [0.2, 0.25) is 5.95 Å². The molecule has 3 aromatic rings. The normalized spacial score (nSPS) is 22.8. The summed E-state index contributed by atoms with van der Waals surface area (Å²) in [5, 5.41) is 2.51. The molecule has 0 amide bonds. The topological polar surface area (TPSA) is 35.5 Å². The Hall–Kier alpha value is -2.50. The van der Waals surface area contributed by atoms with Gasteiger partial charge in [0.1, 0.15) is 0 Å². The number of benzene rings is 2. The first kappa shape index (κ1) is 18.5. The van der Waals surface area contributed by atoms with Crippen molar-refractivity contribution in [1.82, 2.24) is 19.8 Å². The molecule has 0 spiro atoms. The molecule has 5 rings (SSSR count). The van der Waals surface area contributed by atoms with E-state index < -0.39 is 0 Å². The molecule has 0 bridgehead atoms. The molecule has 5 heteroatoms. The maximum Gasteiger partial charge on any atom is 0.225 e. The van der Waals surface area contributed by atoms with Crippen molar-refractivity contribution < 1.29 is 0 Å². The molecule has 0 radical (unpaired) electrons. The van der Waals surface area contributed by atoms with Crippen molar-refractivity contribution in [1.29, 1.82) is 0 Å². The van der Waals surface area contributed by atoms with E-state index in [9.17, 15) is 0 Å². The van der Waals surface area contributed by atoms with Gasteiger partial charge >= 0.3 is 0 Å². The Bertz CT molecular complexity index is 1000. The highest BCUT2D eigenvalue weighted by atomic mass is 15.3. The highest BCUT2D eigenvalue weighted by Crippen LogP contribution is 2.27. The predicted molar refractivity (Wildman–Crippen MR) is 119 cm³/mol. The second kappa shape index (κ2) is 7.73. The van der Waals surface area contributed by atoms with Crippen LogP contribution in [0.4, 0.5) is 5.95 Å². The molecule has 2 atom stereocenters. The minimum atomic E-state index is 0.618. The number of hydrogen-bond donors (Lipinski definition) is 0. The largest absolute Gasteiger partial charge is 0.339 e. The molecule has 0 unspecified atom stereocenters. The molecule has 5 nitrogen and oxygen atoms in total. The maximum absolute atomic E-state index is 4.92. The molecule has 0 saturated carbocycles. The summed E-state index contributed by atoms with van der Waals surface area (Å²) in [6.45, 7) is 4.46. The first-order valence-corrected chi connectivity index (χ1v) is 10.6. The van der Waals surface area contributed by atoms with Gasteiger partial charge in [-0.2, -0.15) is 0 Å². The number of hydrogen-bond acceptors (Lipinski definition) is 5. The molecule has 150 valence electrons. The third-order valence-corrected chi connectivity index (χ3v) is 6.58. The van der Waals surface area contributed by atoms with E-state index in [1.165, 1.54) is 36.7 Å². The molecule has 2 fully saturated rings. The standard InChI is InChI=1S/C24H29N5/c1-27(2)21-10-13-28(16-21)22-11-14-29(17-22)24-25-12-9-23(26-24)20-8-7-18-5-3-4-6-19(18)15-20/h3-9,12,15,21-22H,10-11,13-14,16-17H2,1-2H3/t21-,22+/m1/s1. The van der Waals surface area contributed by atoms with Gasteiger partial charge in [-0.05, 0) is 49.8 Å². The van der Waals surface area contributed by atoms with Crippen LogP contribution >= 0.6 is 0 Å². The van der Waals surface area contributed by atoms with Gasteiger partial charge in [-0.15, -0.1) is 0 Å². The summed E-state index contributed by atoms with van der Waals surface area (Å²) in [6.07, 6.45) is 4.37. The van der Waals surface area contributed by atoms with Crippen LogP contribution in [0, 0.1) is 0 Å². The van der Waals surface area contributed by atoms with Crippen LogP contribution in [0.15, 0.2) is 54.7 Å². The number of rotatable bonds is 4. The van der Waals surface area contributed by atoms with Gasteiger partial charge in [0.15, 0.2) is 0 Å². The Morgan fingerprint density at radius 2 is 1.79 bits per heavy atom. The van der Waals surface area contributed by atoms with Gasteiger partial charge in [0.25, 0.3) is 0 Å². The zero-order valence-electron chi connectivity index (χ0n) is 17.3. The minimum absolute atomic E-state index is 0.618. The molecule has 0 N–H and O–H groups in total. The van der Waals surface area contributed by atoms with Gasteiger partial charge in [0.05, 0.1) is 5.69 Å². The van der Waals surface area contributed by atoms with Gasteiger partial charge < -0.3 is 9.80 Å². The van der Waals surface area contributed by atoms with E-state index in [0.717, 1.165) is 30.3 Å². The van der Waals surface area contributed by atoms with Crippen LogP contribution in [0.25, 0.3) is 22.0 Å². The average molecular weight is 388 g/mol. The minimum Gasteiger partial charge on any atom is -0.339 e. The van der Waals surface area contributed by atoms with E-state index in [-0.39, 0.29) is 0 Å². The lowest BCUT2D eigenvalue weighted by Crippen LogP contribution is -2.39. The SMILES string of the molecule is CN(C)[C@@H]1CCN([C@H]2CCN(c3nccc(-c4ccc5ccccc5c4)n3)C2)C1. The monoisotopic (exact) mass is 387 g/mol. The van der Waals surface area contributed by atoms with E-state index in [0.29, 0.717) is 12.1 Å². The van der Waals surface area contributed by atoms with Crippen molar-refractivity contribution in [3.63, 3.8) is 0 Å². The zero-order chi connectivity index (χ0) is 19.8. The lowest BCUT2D eigenvalue weighted by Gasteiger charge is -2.25. The molecular weight excluding hydrogens is 358 g/mol. The van der Waals surface area contributed by atoms with Crippen molar-refractivity contribution in [2.45, 2.75) is 24.9 Å². The molecule has 29 heavy (non-hydrogen) atoms. The lowest BCUT2D eigenvalue weighted by molar-refractivity contribution is 0.227. The van der Waals surface area contributed by atoms with E-state index in [4.69, 9.17) is 4.98 Å². The summed E-state index contributed by atoms with van der Waals surface area (Å²) in [6, 6.07) is 18.3. The number of likely N-dealkylation sites (tertiary alicyclic amines) is 1. The van der Waals surface area contributed by atoms with E-state index in [1.54, 1.807) is 0 Å². The van der Waals surface area contributed by atoms with Crippen molar-refractivity contribution in [2.75, 3.05) is 45.2 Å². The summed E-state index contributed by atoms with van der Waals surface area (Å²) in [5.74, 6) is 0.863. The third kappa shape index (κ3) is 3.72. The quantitative estimate of drug-likeness (QED) is 0.685. The molecule has 2 aliphatic heterocycles. The number of anilines is 1. The third-order valence-electron chi connectivity index (χ3n) is 6.58. The molecule has 2 aliphatic rings. The van der Waals surface area contributed by atoms with Gasteiger partial charge in [-0.1, -0.05) is 36.4 Å². The fraction of sp³-hybridized carbons (Fsp3) is 0.417. The second-order valence-electron chi connectivity index (χ2n) is 8.59. The van der Waals surface area contributed by atoms with Crippen molar-refractivity contribution >= 4 is 16.7 Å². The van der Waals surface area contributed by atoms with Crippen molar-refractivity contribution in [3.05, 3.63) is 54.7 Å². The lowest BCUT2D eigenvalue weighted by atomic mass is 10.1. The summed E-state index contributed by atoms with van der Waals surface area (Å²) in [5.41, 5.74) is 2.15. The average Bonchev–Trinajstić information content (AvgIpc) is 3.43. The molecule has 0 aliphatic carbocycles. The number of likely N-dealkylation sites (N-methyl/N-ethyl adjacent to an activating group) is 1. The first-order valence-electron chi connectivity index (χ1n) is 10.6. The molecule has 3 heterocycles. The maximum atomic E-state index is 4.92. The Kier molecular flexibility index (Phi) is 4.94. The summed E-state index contributed by atoms with van der Waals surface area (Å²) >= 11 is 0. The van der Waals surface area contributed by atoms with Gasteiger partial charge in [0, 0.05) is 50.0 Å². The number of nitrogens with zero attached hydrogens (tertiary/aromatic N) is 5. The molecular formula is C24H29N5. The van der Waals surface area contributed by atoms with E-state index in [2.05, 4.69) is 76.2 Å². The van der Waals surface area contributed by atoms with Crippen LogP contribution in [0.2, 0.25) is 0 Å².